The molecular weight excluding hydrogens is 414 g/mol. The number of aromatic nitrogens is 2. The summed E-state index contributed by atoms with van der Waals surface area (Å²) in [5.41, 5.74) is 14.9. The van der Waals surface area contributed by atoms with Gasteiger partial charge in [-0.05, 0) is 55.8 Å². The van der Waals surface area contributed by atoms with E-state index >= 15 is 0 Å². The molecule has 3 aromatic carbocycles. The van der Waals surface area contributed by atoms with Gasteiger partial charge in [-0.3, -0.25) is 4.79 Å². The van der Waals surface area contributed by atoms with Crippen molar-refractivity contribution in [1.82, 2.24) is 9.78 Å². The van der Waals surface area contributed by atoms with Gasteiger partial charge in [0.2, 0.25) is 0 Å². The van der Waals surface area contributed by atoms with Crippen LogP contribution in [0.5, 0.6) is 11.5 Å². The number of fused-ring (bicyclic) bond motifs is 1. The topological polar surface area (TPSA) is 108 Å². The lowest BCUT2D eigenvalue weighted by Gasteiger charge is -2.37. The van der Waals surface area contributed by atoms with E-state index in [1.165, 1.54) is 0 Å². The minimum absolute atomic E-state index is 0.368. The molecule has 1 aliphatic rings. The second kappa shape index (κ2) is 8.02. The smallest absolute Gasteiger partial charge is 0.254 e. The van der Waals surface area contributed by atoms with E-state index in [0.29, 0.717) is 35.1 Å². The van der Waals surface area contributed by atoms with Crippen LogP contribution in [0, 0.1) is 0 Å². The molecule has 1 amide bonds. The Morgan fingerprint density at radius 2 is 1.67 bits per heavy atom. The number of benzene rings is 3. The minimum Gasteiger partial charge on any atom is -0.457 e. The van der Waals surface area contributed by atoms with Crippen molar-refractivity contribution in [2.75, 3.05) is 17.6 Å². The highest BCUT2D eigenvalue weighted by Gasteiger charge is 2.39. The summed E-state index contributed by atoms with van der Waals surface area (Å²) in [7, 11) is 0. The highest BCUT2D eigenvalue weighted by atomic mass is 16.5. The second-order valence-electron chi connectivity index (χ2n) is 8.33. The van der Waals surface area contributed by atoms with Crippen LogP contribution in [0.2, 0.25) is 0 Å². The molecule has 0 saturated carbocycles. The first kappa shape index (κ1) is 20.6. The van der Waals surface area contributed by atoms with Crippen LogP contribution in [-0.2, 0) is 5.54 Å². The molecule has 0 bridgehead atoms. The van der Waals surface area contributed by atoms with Crippen molar-refractivity contribution in [3.05, 3.63) is 90.0 Å². The number of nitrogens with two attached hydrogens (primary N) is 2. The molecule has 1 aliphatic heterocycles. The predicted octanol–water partition coefficient (Wildman–Crippen LogP) is 4.60. The largest absolute Gasteiger partial charge is 0.457 e. The van der Waals surface area contributed by atoms with Crippen LogP contribution in [-0.4, -0.2) is 22.2 Å². The normalized spacial score (nSPS) is 17.1. The van der Waals surface area contributed by atoms with E-state index in [9.17, 15) is 4.79 Å². The van der Waals surface area contributed by atoms with Crippen LogP contribution in [0.1, 0.15) is 29.3 Å². The third kappa shape index (κ3) is 3.57. The lowest BCUT2D eigenvalue weighted by Crippen LogP contribution is -2.40. The van der Waals surface area contributed by atoms with Gasteiger partial charge < -0.3 is 21.5 Å². The molecule has 0 aliphatic carbocycles. The molecule has 33 heavy (non-hydrogen) atoms. The van der Waals surface area contributed by atoms with Crippen molar-refractivity contribution in [3.8, 4) is 22.8 Å². The predicted molar refractivity (Wildman–Crippen MR) is 129 cm³/mol. The number of rotatable bonds is 5. The Morgan fingerprint density at radius 3 is 2.36 bits per heavy atom. The number of nitrogen functional groups attached to an aromatic ring is 1. The highest BCUT2D eigenvalue weighted by molar-refractivity contribution is 6.04. The van der Waals surface area contributed by atoms with Crippen molar-refractivity contribution in [2.24, 2.45) is 5.73 Å². The third-order valence-electron chi connectivity index (χ3n) is 6.15. The van der Waals surface area contributed by atoms with Gasteiger partial charge in [0.15, 0.2) is 0 Å². The van der Waals surface area contributed by atoms with E-state index in [-0.39, 0.29) is 0 Å². The van der Waals surface area contributed by atoms with Crippen LogP contribution >= 0.6 is 0 Å². The zero-order valence-electron chi connectivity index (χ0n) is 18.3. The molecular formula is C26H25N5O2. The van der Waals surface area contributed by atoms with E-state index in [0.717, 1.165) is 23.3 Å². The fraction of sp³-hybridized carbons (Fsp3) is 0.154. The molecule has 1 atom stereocenters. The number of anilines is 2. The van der Waals surface area contributed by atoms with Crippen molar-refractivity contribution in [2.45, 2.75) is 18.9 Å². The molecule has 0 spiro atoms. The molecule has 5 rings (SSSR count). The Balaban J connectivity index is 1.58. The molecule has 166 valence electrons. The summed E-state index contributed by atoms with van der Waals surface area (Å²) in [4.78, 5) is 12.5. The molecule has 2 heterocycles. The zero-order valence-corrected chi connectivity index (χ0v) is 18.3. The van der Waals surface area contributed by atoms with Crippen LogP contribution in [0.25, 0.3) is 11.3 Å². The number of primary amides is 1. The average molecular weight is 440 g/mol. The maximum absolute atomic E-state index is 12.5. The fourth-order valence-electron chi connectivity index (χ4n) is 4.45. The average Bonchev–Trinajstić information content (AvgIpc) is 3.22. The standard InChI is InChI=1S/C26H25N5O2/c1-26(20-9-5-6-10-21(20)27)15-16-29-25-22(24(28)32)23(30-31(25)26)17-11-13-19(14-12-17)33-18-7-3-2-4-8-18/h2-14,29H,15-16,27H2,1H3,(H2,28,32). The van der Waals surface area contributed by atoms with Gasteiger partial charge in [-0.15, -0.1) is 0 Å². The van der Waals surface area contributed by atoms with E-state index < -0.39 is 11.4 Å². The fourth-order valence-corrected chi connectivity index (χ4v) is 4.45. The van der Waals surface area contributed by atoms with Crippen molar-refractivity contribution < 1.29 is 9.53 Å². The number of hydrogen-bond acceptors (Lipinski definition) is 5. The Labute approximate surface area is 192 Å². The van der Waals surface area contributed by atoms with E-state index in [1.54, 1.807) is 0 Å². The van der Waals surface area contributed by atoms with Gasteiger partial charge in [-0.25, -0.2) is 4.68 Å². The number of nitrogens with zero attached hydrogens (tertiary/aromatic N) is 2. The van der Waals surface area contributed by atoms with Gasteiger partial charge in [0.1, 0.15) is 28.6 Å². The molecule has 7 nitrogen and oxygen atoms in total. The van der Waals surface area contributed by atoms with Crippen LogP contribution < -0.4 is 21.5 Å². The number of hydrogen-bond donors (Lipinski definition) is 3. The second-order valence-corrected chi connectivity index (χ2v) is 8.33. The Morgan fingerprint density at radius 1 is 1.00 bits per heavy atom. The van der Waals surface area contributed by atoms with Crippen molar-refractivity contribution >= 4 is 17.4 Å². The van der Waals surface area contributed by atoms with Gasteiger partial charge in [-0.1, -0.05) is 36.4 Å². The minimum atomic E-state index is -0.534. The van der Waals surface area contributed by atoms with Gasteiger partial charge in [0, 0.05) is 23.4 Å². The van der Waals surface area contributed by atoms with Gasteiger partial charge >= 0.3 is 0 Å². The molecule has 5 N–H and O–H groups in total. The van der Waals surface area contributed by atoms with E-state index in [2.05, 4.69) is 12.2 Å². The first-order valence-corrected chi connectivity index (χ1v) is 10.8. The molecule has 1 aromatic heterocycles. The maximum atomic E-state index is 12.5. The molecule has 0 radical (unpaired) electrons. The maximum Gasteiger partial charge on any atom is 0.254 e. The lowest BCUT2D eigenvalue weighted by molar-refractivity contribution is 0.100. The van der Waals surface area contributed by atoms with Crippen LogP contribution in [0.15, 0.2) is 78.9 Å². The number of ether oxygens (including phenoxy) is 1. The number of nitrogens with one attached hydrogen (secondary N) is 1. The molecule has 0 saturated heterocycles. The van der Waals surface area contributed by atoms with Gasteiger partial charge in [0.05, 0.1) is 5.54 Å². The highest BCUT2D eigenvalue weighted by Crippen LogP contribution is 2.42. The monoisotopic (exact) mass is 439 g/mol. The summed E-state index contributed by atoms with van der Waals surface area (Å²) >= 11 is 0. The zero-order chi connectivity index (χ0) is 23.0. The molecule has 1 unspecified atom stereocenters. The summed E-state index contributed by atoms with van der Waals surface area (Å²) in [6, 6.07) is 24.8. The Bertz CT molecular complexity index is 1310. The SMILES string of the molecule is CC1(c2ccccc2N)CCNc2c(C(N)=O)c(-c3ccc(Oc4ccccc4)cc3)nn21. The summed E-state index contributed by atoms with van der Waals surface area (Å²) in [6.45, 7) is 2.75. The summed E-state index contributed by atoms with van der Waals surface area (Å²) in [5.74, 6) is 1.52. The first-order chi connectivity index (χ1) is 16.0. The number of para-hydroxylation sites is 2. The number of carbonyl (C=O) groups is 1. The Kier molecular flexibility index (Phi) is 5.01. The van der Waals surface area contributed by atoms with Crippen LogP contribution in [0.3, 0.4) is 0 Å². The third-order valence-corrected chi connectivity index (χ3v) is 6.15. The quantitative estimate of drug-likeness (QED) is 0.394. The number of carbonyl (C=O) groups excluding carboxylic acids is 1. The van der Waals surface area contributed by atoms with Gasteiger partial charge in [0.25, 0.3) is 5.91 Å². The van der Waals surface area contributed by atoms with Crippen molar-refractivity contribution in [3.63, 3.8) is 0 Å². The Hall–Kier alpha value is -4.26. The molecule has 4 aromatic rings. The summed E-state index contributed by atoms with van der Waals surface area (Å²) < 4.78 is 7.74. The van der Waals surface area contributed by atoms with E-state index in [4.69, 9.17) is 21.3 Å². The van der Waals surface area contributed by atoms with Gasteiger partial charge in [-0.2, -0.15) is 5.10 Å². The molecule has 0 fully saturated rings. The first-order valence-electron chi connectivity index (χ1n) is 10.8. The van der Waals surface area contributed by atoms with E-state index in [1.807, 2.05) is 83.5 Å². The summed E-state index contributed by atoms with van der Waals surface area (Å²) in [5, 5.41) is 8.21. The van der Waals surface area contributed by atoms with Crippen LogP contribution in [0.4, 0.5) is 11.5 Å². The number of amides is 1. The van der Waals surface area contributed by atoms with Crippen molar-refractivity contribution in [1.29, 1.82) is 0 Å². The lowest BCUT2D eigenvalue weighted by atomic mass is 9.86. The summed E-state index contributed by atoms with van der Waals surface area (Å²) in [6.07, 6.45) is 0.761. The molecule has 7 heteroatoms.